The zero-order chi connectivity index (χ0) is 46.7. The fourth-order valence-corrected chi connectivity index (χ4v) is 8.11. The zero-order valence-corrected chi connectivity index (χ0v) is 42.4. The summed E-state index contributed by atoms with van der Waals surface area (Å²) in [5, 5.41) is 23.7. The molecule has 0 heterocycles. The summed E-state index contributed by atoms with van der Waals surface area (Å²) in [5.41, 5.74) is 0. The Bertz CT molecular complexity index is 1140. The summed E-state index contributed by atoms with van der Waals surface area (Å²) in [4.78, 5) is 26.2. The van der Waals surface area contributed by atoms with Crippen LogP contribution in [0.2, 0.25) is 0 Å². The maximum absolute atomic E-state index is 13.2. The van der Waals surface area contributed by atoms with Gasteiger partial charge in [0.1, 0.15) is 6.10 Å². The van der Waals surface area contributed by atoms with Crippen LogP contribution in [0.15, 0.2) is 60.8 Å². The quantitative estimate of drug-likeness (QED) is 0.0321. The lowest BCUT2D eigenvalue weighted by molar-refractivity contribution is -0.151. The number of aliphatic hydroxyl groups excluding tert-OH is 2. The van der Waals surface area contributed by atoms with E-state index in [9.17, 15) is 19.8 Å². The molecule has 64 heavy (non-hydrogen) atoms. The topological polar surface area (TPSA) is 95.9 Å². The van der Waals surface area contributed by atoms with Gasteiger partial charge in [0, 0.05) is 6.42 Å². The molecule has 0 bridgehead atoms. The van der Waals surface area contributed by atoms with E-state index < -0.39 is 18.2 Å². The molecule has 6 heteroatoms. The molecule has 0 saturated heterocycles. The summed E-state index contributed by atoms with van der Waals surface area (Å²) in [7, 11) is 0. The number of allylic oxidation sites excluding steroid dienone is 10. The maximum atomic E-state index is 13.2. The molecule has 0 fully saturated rings. The van der Waals surface area contributed by atoms with Gasteiger partial charge in [-0.25, -0.2) is 0 Å². The van der Waals surface area contributed by atoms with Gasteiger partial charge < -0.3 is 20.3 Å². The summed E-state index contributed by atoms with van der Waals surface area (Å²) < 4.78 is 5.93. The van der Waals surface area contributed by atoms with Crippen LogP contribution in [0, 0.1) is 0 Å². The van der Waals surface area contributed by atoms with Crippen LogP contribution in [0.3, 0.4) is 0 Å². The molecule has 3 unspecified atom stereocenters. The Morgan fingerprint density at radius 2 is 0.797 bits per heavy atom. The Kier molecular flexibility index (Phi) is 49.6. The van der Waals surface area contributed by atoms with Crippen LogP contribution >= 0.6 is 0 Å². The molecule has 0 aliphatic rings. The number of esters is 1. The van der Waals surface area contributed by atoms with E-state index in [1.807, 2.05) is 0 Å². The predicted molar refractivity (Wildman–Crippen MR) is 278 cm³/mol. The highest BCUT2D eigenvalue weighted by Crippen LogP contribution is 2.17. The Balaban J connectivity index is 4.64. The molecule has 3 N–H and O–H groups in total. The second-order valence-corrected chi connectivity index (χ2v) is 18.6. The summed E-state index contributed by atoms with van der Waals surface area (Å²) in [5.74, 6) is -0.521. The third-order valence-electron chi connectivity index (χ3n) is 12.3. The second kappa shape index (κ2) is 51.5. The minimum absolute atomic E-state index is 0.0535. The van der Waals surface area contributed by atoms with E-state index in [4.69, 9.17) is 4.74 Å². The van der Waals surface area contributed by atoms with Crippen molar-refractivity contribution in [1.82, 2.24) is 5.32 Å². The molecule has 0 aliphatic heterocycles. The highest BCUT2D eigenvalue weighted by atomic mass is 16.5. The highest BCUT2D eigenvalue weighted by molar-refractivity contribution is 5.77. The molecular formula is C58H105NO5. The van der Waals surface area contributed by atoms with Crippen molar-refractivity contribution in [2.75, 3.05) is 6.61 Å². The first-order valence-corrected chi connectivity index (χ1v) is 27.5. The monoisotopic (exact) mass is 896 g/mol. The Labute approximate surface area is 397 Å². The van der Waals surface area contributed by atoms with Crippen molar-refractivity contribution in [2.45, 2.75) is 289 Å². The van der Waals surface area contributed by atoms with Crippen molar-refractivity contribution in [2.24, 2.45) is 0 Å². The number of rotatable bonds is 49. The SMILES string of the molecule is CCCCC/C=C\C/C=C\C/C=C\C/C=C\CCCCCC(=O)OC(CCCCC/C=C/CCCCCCCCCCC)CC(=O)NC(CO)C(O)CCCCCCCCCCCC. The summed E-state index contributed by atoms with van der Waals surface area (Å²) in [6.07, 6.45) is 64.3. The molecule has 0 aromatic rings. The molecule has 0 spiro atoms. The average molecular weight is 896 g/mol. The van der Waals surface area contributed by atoms with Crippen LogP contribution in [-0.4, -0.2) is 46.9 Å². The van der Waals surface area contributed by atoms with E-state index in [1.54, 1.807) is 0 Å². The van der Waals surface area contributed by atoms with Gasteiger partial charge in [-0.15, -0.1) is 0 Å². The fraction of sp³-hybridized carbons (Fsp3) is 0.793. The van der Waals surface area contributed by atoms with Crippen LogP contribution in [0.5, 0.6) is 0 Å². The van der Waals surface area contributed by atoms with Gasteiger partial charge in [0.2, 0.25) is 5.91 Å². The standard InChI is InChI=1S/C58H105NO5/c1-4-7-10-13-16-19-22-24-26-28-29-30-32-34-36-39-42-45-48-51-58(63)64-54(49-46-43-40-37-35-33-31-27-25-23-20-17-14-11-8-5-2)52-57(62)59-55(53-60)56(61)50-47-44-41-38-21-18-15-12-9-6-3/h16,19,24,26,29-30,33-36,54-56,60-61H,4-15,17-18,20-23,25,27-28,31-32,37-53H2,1-3H3,(H,59,62)/b19-16-,26-24-,30-29-,35-33+,36-34-. The number of carbonyl (C=O) groups excluding carboxylic acids is 2. The van der Waals surface area contributed by atoms with Gasteiger partial charge in [-0.1, -0.05) is 223 Å². The lowest BCUT2D eigenvalue weighted by Gasteiger charge is -2.24. The first-order chi connectivity index (χ1) is 31.5. The Morgan fingerprint density at radius 3 is 1.27 bits per heavy atom. The van der Waals surface area contributed by atoms with Gasteiger partial charge >= 0.3 is 5.97 Å². The van der Waals surface area contributed by atoms with Crippen LogP contribution < -0.4 is 5.32 Å². The summed E-state index contributed by atoms with van der Waals surface area (Å²) >= 11 is 0. The number of amides is 1. The molecule has 372 valence electrons. The second-order valence-electron chi connectivity index (χ2n) is 18.6. The number of aliphatic hydroxyl groups is 2. The largest absolute Gasteiger partial charge is 0.462 e. The van der Waals surface area contributed by atoms with E-state index >= 15 is 0 Å². The van der Waals surface area contributed by atoms with E-state index in [0.29, 0.717) is 19.3 Å². The lowest BCUT2D eigenvalue weighted by atomic mass is 10.0. The summed E-state index contributed by atoms with van der Waals surface area (Å²) in [6, 6.07) is -0.714. The van der Waals surface area contributed by atoms with Gasteiger partial charge in [0.05, 0.1) is 25.2 Å². The molecule has 0 aliphatic carbocycles. The number of hydrogen-bond acceptors (Lipinski definition) is 5. The molecule has 3 atom stereocenters. The molecule has 0 aromatic heterocycles. The van der Waals surface area contributed by atoms with Crippen molar-refractivity contribution in [3.63, 3.8) is 0 Å². The minimum atomic E-state index is -0.798. The highest BCUT2D eigenvalue weighted by Gasteiger charge is 2.24. The lowest BCUT2D eigenvalue weighted by Crippen LogP contribution is -2.46. The van der Waals surface area contributed by atoms with Gasteiger partial charge in [-0.3, -0.25) is 9.59 Å². The number of ether oxygens (including phenoxy) is 1. The van der Waals surface area contributed by atoms with E-state index in [0.717, 1.165) is 96.3 Å². The van der Waals surface area contributed by atoms with Crippen LogP contribution in [0.4, 0.5) is 0 Å². The van der Waals surface area contributed by atoms with Crippen molar-refractivity contribution < 1.29 is 24.5 Å². The summed E-state index contributed by atoms with van der Waals surface area (Å²) in [6.45, 7) is 6.44. The van der Waals surface area contributed by atoms with E-state index in [2.05, 4.69) is 86.8 Å². The molecule has 0 aromatic carbocycles. The Morgan fingerprint density at radius 1 is 0.453 bits per heavy atom. The normalized spacial score (nSPS) is 13.6. The minimum Gasteiger partial charge on any atom is -0.462 e. The van der Waals surface area contributed by atoms with Gasteiger partial charge in [0.15, 0.2) is 0 Å². The fourth-order valence-electron chi connectivity index (χ4n) is 8.11. The van der Waals surface area contributed by atoms with E-state index in [-0.39, 0.29) is 24.9 Å². The number of carbonyl (C=O) groups is 2. The smallest absolute Gasteiger partial charge is 0.306 e. The van der Waals surface area contributed by atoms with Crippen LogP contribution in [0.25, 0.3) is 0 Å². The van der Waals surface area contributed by atoms with Crippen molar-refractivity contribution >= 4 is 11.9 Å². The van der Waals surface area contributed by atoms with Gasteiger partial charge in [-0.05, 0) is 96.3 Å². The van der Waals surface area contributed by atoms with E-state index in [1.165, 1.54) is 128 Å². The molecule has 0 rings (SSSR count). The average Bonchev–Trinajstić information content (AvgIpc) is 3.29. The van der Waals surface area contributed by atoms with Crippen molar-refractivity contribution in [1.29, 1.82) is 0 Å². The Hall–Kier alpha value is -2.44. The number of unbranched alkanes of at least 4 members (excludes halogenated alkanes) is 27. The molecule has 0 saturated carbocycles. The van der Waals surface area contributed by atoms with Crippen molar-refractivity contribution in [3.8, 4) is 0 Å². The first-order valence-electron chi connectivity index (χ1n) is 27.5. The third-order valence-corrected chi connectivity index (χ3v) is 12.3. The van der Waals surface area contributed by atoms with Gasteiger partial charge in [0.25, 0.3) is 0 Å². The number of nitrogens with one attached hydrogen (secondary N) is 1. The maximum Gasteiger partial charge on any atom is 0.306 e. The van der Waals surface area contributed by atoms with Crippen LogP contribution in [-0.2, 0) is 14.3 Å². The number of hydrogen-bond donors (Lipinski definition) is 3. The van der Waals surface area contributed by atoms with Crippen molar-refractivity contribution in [3.05, 3.63) is 60.8 Å². The molecule has 6 nitrogen and oxygen atoms in total. The first kappa shape index (κ1) is 61.6. The third kappa shape index (κ3) is 46.1. The van der Waals surface area contributed by atoms with Crippen LogP contribution in [0.1, 0.15) is 271 Å². The van der Waals surface area contributed by atoms with Gasteiger partial charge in [-0.2, -0.15) is 0 Å². The molecule has 0 radical (unpaired) electrons. The zero-order valence-electron chi connectivity index (χ0n) is 42.4. The molecular weight excluding hydrogens is 791 g/mol. The predicted octanol–water partition coefficient (Wildman–Crippen LogP) is 16.8. The molecule has 1 amide bonds.